The van der Waals surface area contributed by atoms with Gasteiger partial charge in [-0.2, -0.15) is 5.10 Å². The van der Waals surface area contributed by atoms with E-state index in [1.54, 1.807) is 12.5 Å². The van der Waals surface area contributed by atoms with Crippen LogP contribution in [0.1, 0.15) is 11.3 Å². The fourth-order valence-corrected chi connectivity index (χ4v) is 2.25. The molecular formula is C15H17N5. The molecule has 0 radical (unpaired) electrons. The van der Waals surface area contributed by atoms with Gasteiger partial charge in [0.25, 0.3) is 0 Å². The molecule has 0 fully saturated rings. The predicted octanol–water partition coefficient (Wildman–Crippen LogP) is 2.23. The lowest BCUT2D eigenvalue weighted by molar-refractivity contribution is 0.315. The smallest absolute Gasteiger partial charge is 0.0922 e. The van der Waals surface area contributed by atoms with Gasteiger partial charge in [-0.3, -0.25) is 4.90 Å². The Morgan fingerprint density at radius 2 is 2.20 bits per heavy atom. The third-order valence-electron chi connectivity index (χ3n) is 3.13. The lowest BCUT2D eigenvalue weighted by Gasteiger charge is -2.16. The number of hydrogen-bond donors (Lipinski definition) is 1. The topological polar surface area (TPSA) is 49.7 Å². The number of imidazole rings is 1. The Morgan fingerprint density at radius 1 is 1.25 bits per heavy atom. The second-order valence-corrected chi connectivity index (χ2v) is 4.87. The number of rotatable bonds is 5. The number of H-pyrrole nitrogens is 1. The van der Waals surface area contributed by atoms with Crippen LogP contribution < -0.4 is 0 Å². The summed E-state index contributed by atoms with van der Waals surface area (Å²) in [5.41, 5.74) is 3.47. The van der Waals surface area contributed by atoms with E-state index in [4.69, 9.17) is 0 Å². The predicted molar refractivity (Wildman–Crippen MR) is 77.3 cm³/mol. The fourth-order valence-electron chi connectivity index (χ4n) is 2.25. The van der Waals surface area contributed by atoms with Crippen LogP contribution in [0, 0.1) is 0 Å². The standard InChI is InChI=1S/C15H17N5/c1-19(11-14-9-16-12-17-14)10-13-4-2-5-15(8-13)20-7-3-6-18-20/h2-9,12H,10-11H2,1H3,(H,16,17). The van der Waals surface area contributed by atoms with Crippen LogP contribution in [0.3, 0.4) is 0 Å². The zero-order valence-corrected chi connectivity index (χ0v) is 11.4. The summed E-state index contributed by atoms with van der Waals surface area (Å²) in [7, 11) is 2.10. The summed E-state index contributed by atoms with van der Waals surface area (Å²) in [6.07, 6.45) is 7.31. The molecule has 0 bridgehead atoms. The molecule has 20 heavy (non-hydrogen) atoms. The molecule has 5 heteroatoms. The van der Waals surface area contributed by atoms with Crippen molar-refractivity contribution in [2.45, 2.75) is 13.1 Å². The summed E-state index contributed by atoms with van der Waals surface area (Å²) in [5.74, 6) is 0. The molecule has 0 aliphatic carbocycles. The van der Waals surface area contributed by atoms with E-state index in [9.17, 15) is 0 Å². The van der Waals surface area contributed by atoms with Crippen molar-refractivity contribution in [3.63, 3.8) is 0 Å². The van der Waals surface area contributed by atoms with Crippen LogP contribution in [0.5, 0.6) is 0 Å². The van der Waals surface area contributed by atoms with Gasteiger partial charge < -0.3 is 4.98 Å². The van der Waals surface area contributed by atoms with Gasteiger partial charge in [-0.15, -0.1) is 0 Å². The Kier molecular flexibility index (Phi) is 3.60. The van der Waals surface area contributed by atoms with Crippen molar-refractivity contribution in [1.82, 2.24) is 24.6 Å². The molecule has 0 saturated heterocycles. The number of hydrogen-bond acceptors (Lipinski definition) is 3. The van der Waals surface area contributed by atoms with Crippen molar-refractivity contribution in [2.24, 2.45) is 0 Å². The molecule has 0 amide bonds. The van der Waals surface area contributed by atoms with Gasteiger partial charge in [-0.05, 0) is 30.8 Å². The van der Waals surface area contributed by atoms with Crippen molar-refractivity contribution in [2.75, 3.05) is 7.05 Å². The van der Waals surface area contributed by atoms with E-state index in [0.29, 0.717) is 0 Å². The monoisotopic (exact) mass is 267 g/mol. The molecule has 3 aromatic rings. The minimum atomic E-state index is 0.853. The van der Waals surface area contributed by atoms with Crippen LogP contribution >= 0.6 is 0 Å². The number of benzene rings is 1. The van der Waals surface area contributed by atoms with E-state index in [1.807, 2.05) is 23.1 Å². The largest absolute Gasteiger partial charge is 0.347 e. The number of nitrogens with zero attached hydrogens (tertiary/aromatic N) is 4. The molecule has 5 nitrogen and oxygen atoms in total. The van der Waals surface area contributed by atoms with Gasteiger partial charge in [0.2, 0.25) is 0 Å². The van der Waals surface area contributed by atoms with Crippen molar-refractivity contribution in [3.05, 3.63) is 66.5 Å². The first kappa shape index (κ1) is 12.6. The van der Waals surface area contributed by atoms with E-state index in [2.05, 4.69) is 51.3 Å². The van der Waals surface area contributed by atoms with Crippen molar-refractivity contribution in [1.29, 1.82) is 0 Å². The van der Waals surface area contributed by atoms with Crippen LogP contribution in [0.25, 0.3) is 5.69 Å². The number of nitrogens with one attached hydrogen (secondary N) is 1. The summed E-state index contributed by atoms with van der Waals surface area (Å²) < 4.78 is 1.87. The molecule has 1 aromatic carbocycles. The number of aromatic nitrogens is 4. The first-order valence-corrected chi connectivity index (χ1v) is 6.56. The summed E-state index contributed by atoms with van der Waals surface area (Å²) >= 11 is 0. The number of aromatic amines is 1. The molecule has 102 valence electrons. The van der Waals surface area contributed by atoms with E-state index in [1.165, 1.54) is 5.56 Å². The van der Waals surface area contributed by atoms with Gasteiger partial charge in [0.1, 0.15) is 0 Å². The van der Waals surface area contributed by atoms with E-state index in [0.717, 1.165) is 24.5 Å². The lowest BCUT2D eigenvalue weighted by atomic mass is 10.2. The van der Waals surface area contributed by atoms with Gasteiger partial charge >= 0.3 is 0 Å². The molecule has 0 spiro atoms. The molecule has 1 N–H and O–H groups in total. The van der Waals surface area contributed by atoms with Gasteiger partial charge in [0.05, 0.1) is 12.0 Å². The highest BCUT2D eigenvalue weighted by molar-refractivity contribution is 5.35. The first-order valence-electron chi connectivity index (χ1n) is 6.56. The Morgan fingerprint density at radius 3 is 2.95 bits per heavy atom. The van der Waals surface area contributed by atoms with Crippen LogP contribution in [0.15, 0.2) is 55.2 Å². The van der Waals surface area contributed by atoms with Gasteiger partial charge in [-0.1, -0.05) is 12.1 Å². The maximum absolute atomic E-state index is 4.26. The molecule has 3 rings (SSSR count). The maximum atomic E-state index is 4.26. The molecule has 0 saturated carbocycles. The van der Waals surface area contributed by atoms with Crippen LogP contribution in [0.2, 0.25) is 0 Å². The molecule has 2 aromatic heterocycles. The van der Waals surface area contributed by atoms with Gasteiger partial charge in [0, 0.05) is 37.4 Å². The molecular weight excluding hydrogens is 250 g/mol. The van der Waals surface area contributed by atoms with Gasteiger partial charge in [0.15, 0.2) is 0 Å². The zero-order valence-electron chi connectivity index (χ0n) is 11.4. The first-order chi connectivity index (χ1) is 9.81. The highest BCUT2D eigenvalue weighted by atomic mass is 15.3. The molecule has 2 heterocycles. The SMILES string of the molecule is CN(Cc1cccc(-n2cccn2)c1)Cc1cnc[nH]1. The fraction of sp³-hybridized carbons (Fsp3) is 0.200. The van der Waals surface area contributed by atoms with Crippen LogP contribution in [0.4, 0.5) is 0 Å². The van der Waals surface area contributed by atoms with E-state index < -0.39 is 0 Å². The highest BCUT2D eigenvalue weighted by Crippen LogP contribution is 2.12. The third-order valence-corrected chi connectivity index (χ3v) is 3.13. The Bertz CT molecular complexity index is 643. The average Bonchev–Trinajstić information content (AvgIpc) is 3.11. The Balaban J connectivity index is 1.70. The Hall–Kier alpha value is -2.40. The summed E-state index contributed by atoms with van der Waals surface area (Å²) in [6, 6.07) is 10.4. The van der Waals surface area contributed by atoms with Gasteiger partial charge in [-0.25, -0.2) is 9.67 Å². The van der Waals surface area contributed by atoms with E-state index >= 15 is 0 Å². The summed E-state index contributed by atoms with van der Waals surface area (Å²) in [6.45, 7) is 1.74. The lowest BCUT2D eigenvalue weighted by Crippen LogP contribution is -2.17. The molecule has 0 unspecified atom stereocenters. The van der Waals surface area contributed by atoms with E-state index in [-0.39, 0.29) is 0 Å². The normalized spacial score (nSPS) is 11.1. The van der Waals surface area contributed by atoms with Crippen molar-refractivity contribution in [3.8, 4) is 5.69 Å². The van der Waals surface area contributed by atoms with Crippen molar-refractivity contribution < 1.29 is 0 Å². The maximum Gasteiger partial charge on any atom is 0.0922 e. The third kappa shape index (κ3) is 2.95. The molecule has 0 aliphatic rings. The van der Waals surface area contributed by atoms with Crippen LogP contribution in [-0.4, -0.2) is 31.7 Å². The highest BCUT2D eigenvalue weighted by Gasteiger charge is 2.04. The van der Waals surface area contributed by atoms with Crippen molar-refractivity contribution >= 4 is 0 Å². The molecule has 0 aliphatic heterocycles. The minimum absolute atomic E-state index is 0.853. The average molecular weight is 267 g/mol. The molecule has 0 atom stereocenters. The second-order valence-electron chi connectivity index (χ2n) is 4.87. The van der Waals surface area contributed by atoms with Crippen LogP contribution in [-0.2, 0) is 13.1 Å². The zero-order chi connectivity index (χ0) is 13.8. The quantitative estimate of drug-likeness (QED) is 0.771. The summed E-state index contributed by atoms with van der Waals surface area (Å²) in [5, 5.41) is 4.26. The minimum Gasteiger partial charge on any atom is -0.347 e. The Labute approximate surface area is 117 Å². The second kappa shape index (κ2) is 5.71. The summed E-state index contributed by atoms with van der Waals surface area (Å²) in [4.78, 5) is 9.40.